The molecule has 0 spiro atoms. The molecule has 0 aliphatic rings. The van der Waals surface area contributed by atoms with Crippen LogP contribution in [-0.4, -0.2) is 83.4 Å². The average Bonchev–Trinajstić information content (AvgIpc) is 2.66. The predicted molar refractivity (Wildman–Crippen MR) is 112 cm³/mol. The van der Waals surface area contributed by atoms with Crippen molar-refractivity contribution in [3.05, 3.63) is 30.3 Å². The second-order valence-electron chi connectivity index (χ2n) is 6.24. The van der Waals surface area contributed by atoms with Crippen molar-refractivity contribution in [2.75, 3.05) is 45.4 Å². The maximum absolute atomic E-state index is 11.7. The SMILES string of the molecule is CCCCCCCCOS(=O)(=O)CCOCCOCCOc1ccccc1.[Na]. The van der Waals surface area contributed by atoms with Gasteiger partial charge in [-0.05, 0) is 18.6 Å². The Bertz CT molecular complexity index is 553. The summed E-state index contributed by atoms with van der Waals surface area (Å²) < 4.78 is 44.6. The Morgan fingerprint density at radius 2 is 1.36 bits per heavy atom. The summed E-state index contributed by atoms with van der Waals surface area (Å²) >= 11 is 0. The van der Waals surface area contributed by atoms with E-state index in [9.17, 15) is 8.42 Å². The van der Waals surface area contributed by atoms with E-state index in [2.05, 4.69) is 6.92 Å². The van der Waals surface area contributed by atoms with Crippen LogP contribution in [0.2, 0.25) is 0 Å². The van der Waals surface area contributed by atoms with Gasteiger partial charge < -0.3 is 14.2 Å². The van der Waals surface area contributed by atoms with E-state index in [4.69, 9.17) is 18.4 Å². The molecule has 1 aromatic rings. The van der Waals surface area contributed by atoms with E-state index < -0.39 is 10.1 Å². The van der Waals surface area contributed by atoms with Crippen LogP contribution < -0.4 is 4.74 Å². The summed E-state index contributed by atoms with van der Waals surface area (Å²) in [6, 6.07) is 9.53. The first-order chi connectivity index (χ1) is 13.1. The molecule has 0 amide bonds. The summed E-state index contributed by atoms with van der Waals surface area (Å²) in [4.78, 5) is 0. The number of ether oxygens (including phenoxy) is 3. The molecule has 157 valence electrons. The van der Waals surface area contributed by atoms with E-state index >= 15 is 0 Å². The van der Waals surface area contributed by atoms with Crippen molar-refractivity contribution in [3.63, 3.8) is 0 Å². The van der Waals surface area contributed by atoms with Gasteiger partial charge in [0.1, 0.15) is 12.4 Å². The van der Waals surface area contributed by atoms with E-state index in [1.165, 1.54) is 19.3 Å². The fourth-order valence-corrected chi connectivity index (χ4v) is 3.16. The Morgan fingerprint density at radius 1 is 0.750 bits per heavy atom. The molecular weight excluding hydrogens is 391 g/mol. The zero-order valence-corrected chi connectivity index (χ0v) is 20.3. The molecule has 0 aliphatic carbocycles. The van der Waals surface area contributed by atoms with Crippen LogP contribution in [0.4, 0.5) is 0 Å². The van der Waals surface area contributed by atoms with Crippen LogP contribution in [0.1, 0.15) is 45.4 Å². The zero-order valence-electron chi connectivity index (χ0n) is 17.4. The topological polar surface area (TPSA) is 71.1 Å². The minimum atomic E-state index is -3.50. The molecule has 8 heteroatoms. The minimum Gasteiger partial charge on any atom is -0.491 e. The standard InChI is InChI=1S/C20H34O6S.Na/c1-2-3-4-5-6-10-13-26-27(21,22)19-18-24-15-14-23-16-17-25-20-11-8-7-9-12-20;/h7-9,11-12H,2-6,10,13-19H2,1H3;. The first-order valence-electron chi connectivity index (χ1n) is 9.84. The summed E-state index contributed by atoms with van der Waals surface area (Å²) in [7, 11) is -3.50. The van der Waals surface area contributed by atoms with Crippen molar-refractivity contribution >= 4 is 39.7 Å². The maximum Gasteiger partial charge on any atom is 0.269 e. The molecule has 0 heterocycles. The monoisotopic (exact) mass is 425 g/mol. The Labute approximate surface area is 192 Å². The molecule has 28 heavy (non-hydrogen) atoms. The predicted octanol–water partition coefficient (Wildman–Crippen LogP) is 3.42. The molecule has 1 rings (SSSR count). The third kappa shape index (κ3) is 16.8. The van der Waals surface area contributed by atoms with Gasteiger partial charge >= 0.3 is 0 Å². The fraction of sp³-hybridized carbons (Fsp3) is 0.700. The number of para-hydroxylation sites is 1. The van der Waals surface area contributed by atoms with Crippen molar-refractivity contribution in [2.45, 2.75) is 45.4 Å². The first kappa shape index (κ1) is 27.8. The van der Waals surface area contributed by atoms with Crippen molar-refractivity contribution in [1.29, 1.82) is 0 Å². The Balaban J connectivity index is 0.00000729. The van der Waals surface area contributed by atoms with Gasteiger partial charge in [-0.1, -0.05) is 57.2 Å². The van der Waals surface area contributed by atoms with E-state index in [0.717, 1.165) is 25.0 Å². The normalized spacial score (nSPS) is 11.2. The van der Waals surface area contributed by atoms with Gasteiger partial charge in [0, 0.05) is 29.6 Å². The van der Waals surface area contributed by atoms with Crippen LogP contribution in [0.3, 0.4) is 0 Å². The average molecular weight is 426 g/mol. The van der Waals surface area contributed by atoms with Crippen molar-refractivity contribution in [2.24, 2.45) is 0 Å². The molecule has 0 aliphatic heterocycles. The molecule has 0 saturated heterocycles. The van der Waals surface area contributed by atoms with E-state index in [1.807, 2.05) is 30.3 Å². The third-order valence-corrected chi connectivity index (χ3v) is 5.04. The number of hydrogen-bond donors (Lipinski definition) is 0. The molecular formula is C20H34NaO6S. The summed E-state index contributed by atoms with van der Waals surface area (Å²) in [5, 5.41) is 0. The first-order valence-corrected chi connectivity index (χ1v) is 11.4. The number of benzene rings is 1. The smallest absolute Gasteiger partial charge is 0.269 e. The van der Waals surface area contributed by atoms with Crippen LogP contribution in [-0.2, 0) is 23.8 Å². The Kier molecular flexibility index (Phi) is 18.8. The van der Waals surface area contributed by atoms with Gasteiger partial charge in [-0.15, -0.1) is 0 Å². The van der Waals surface area contributed by atoms with E-state index in [-0.39, 0.29) is 48.5 Å². The molecule has 0 aromatic heterocycles. The van der Waals surface area contributed by atoms with Crippen LogP contribution in [0.15, 0.2) is 30.3 Å². The molecule has 0 unspecified atom stereocenters. The minimum absolute atomic E-state index is 0. The number of rotatable bonds is 18. The molecule has 0 bridgehead atoms. The molecule has 1 radical (unpaired) electrons. The van der Waals surface area contributed by atoms with Crippen molar-refractivity contribution in [3.8, 4) is 5.75 Å². The molecule has 0 atom stereocenters. The van der Waals surface area contributed by atoms with Crippen LogP contribution in [0.5, 0.6) is 5.75 Å². The van der Waals surface area contributed by atoms with Gasteiger partial charge in [0.2, 0.25) is 0 Å². The summed E-state index contributed by atoms with van der Waals surface area (Å²) in [5.74, 6) is 0.684. The summed E-state index contributed by atoms with van der Waals surface area (Å²) in [6.07, 6.45) is 6.58. The molecule has 1 aromatic carbocycles. The van der Waals surface area contributed by atoms with E-state index in [1.54, 1.807) is 0 Å². The second-order valence-corrected chi connectivity index (χ2v) is 8.00. The Morgan fingerprint density at radius 3 is 2.07 bits per heavy atom. The van der Waals surface area contributed by atoms with Crippen molar-refractivity contribution < 1.29 is 26.8 Å². The van der Waals surface area contributed by atoms with Gasteiger partial charge in [0.05, 0.1) is 38.8 Å². The summed E-state index contributed by atoms with van der Waals surface area (Å²) in [6.45, 7) is 4.21. The second kappa shape index (κ2) is 18.9. The maximum atomic E-state index is 11.7. The summed E-state index contributed by atoms with van der Waals surface area (Å²) in [5.41, 5.74) is 0. The molecule has 0 saturated carbocycles. The largest absolute Gasteiger partial charge is 0.491 e. The zero-order chi connectivity index (χ0) is 19.6. The third-order valence-electron chi connectivity index (χ3n) is 3.85. The van der Waals surface area contributed by atoms with Gasteiger partial charge in [-0.3, -0.25) is 4.18 Å². The van der Waals surface area contributed by atoms with Gasteiger partial charge in [0.25, 0.3) is 10.1 Å². The molecule has 6 nitrogen and oxygen atoms in total. The van der Waals surface area contributed by atoms with Crippen molar-refractivity contribution in [1.82, 2.24) is 0 Å². The van der Waals surface area contributed by atoms with Crippen LogP contribution in [0, 0.1) is 0 Å². The fourth-order valence-electron chi connectivity index (χ4n) is 2.35. The van der Waals surface area contributed by atoms with Gasteiger partial charge in [-0.2, -0.15) is 8.42 Å². The number of hydrogen-bond acceptors (Lipinski definition) is 6. The van der Waals surface area contributed by atoms with E-state index in [0.29, 0.717) is 26.4 Å². The molecule has 0 fully saturated rings. The number of unbranched alkanes of at least 4 members (excludes halogenated alkanes) is 5. The Hall–Kier alpha value is -0.150. The quantitative estimate of drug-likeness (QED) is 0.204. The van der Waals surface area contributed by atoms with Crippen LogP contribution in [0.25, 0.3) is 0 Å². The molecule has 0 N–H and O–H groups in total. The van der Waals surface area contributed by atoms with Crippen LogP contribution >= 0.6 is 0 Å². The van der Waals surface area contributed by atoms with Gasteiger partial charge in [0.15, 0.2) is 0 Å². The van der Waals surface area contributed by atoms with Gasteiger partial charge in [-0.25, -0.2) is 0 Å².